The lowest BCUT2D eigenvalue weighted by atomic mass is 10.1. The molecule has 3 N–H and O–H groups in total. The molecule has 2 heterocycles. The number of hydrogen-bond acceptors (Lipinski definition) is 6. The second kappa shape index (κ2) is 9.39. The van der Waals surface area contributed by atoms with Gasteiger partial charge >= 0.3 is 6.03 Å². The summed E-state index contributed by atoms with van der Waals surface area (Å²) in [5, 5.41) is 9.38. The van der Waals surface area contributed by atoms with Gasteiger partial charge in [-0.05, 0) is 49.7 Å². The number of amides is 2. The van der Waals surface area contributed by atoms with E-state index in [1.165, 1.54) is 35.6 Å². The Labute approximate surface area is 195 Å². The summed E-state index contributed by atoms with van der Waals surface area (Å²) in [4.78, 5) is 20.7. The Hall–Kier alpha value is -3.76. The first-order chi connectivity index (χ1) is 15.8. The smallest absolute Gasteiger partial charge is 0.308 e. The van der Waals surface area contributed by atoms with E-state index >= 15 is 0 Å². The van der Waals surface area contributed by atoms with Crippen molar-refractivity contribution in [2.24, 2.45) is 0 Å². The van der Waals surface area contributed by atoms with Crippen molar-refractivity contribution in [3.8, 4) is 11.1 Å². The van der Waals surface area contributed by atoms with E-state index in [0.29, 0.717) is 22.8 Å². The van der Waals surface area contributed by atoms with Crippen LogP contribution in [0, 0.1) is 13.8 Å². The molecule has 10 heteroatoms. The number of aryl methyl sites for hydroxylation is 2. The number of nitrogens with zero attached hydrogens (tertiary/aromatic N) is 2. The van der Waals surface area contributed by atoms with E-state index in [4.69, 9.17) is 0 Å². The van der Waals surface area contributed by atoms with Gasteiger partial charge in [-0.15, -0.1) is 11.3 Å². The lowest BCUT2D eigenvalue weighted by Crippen LogP contribution is -2.19. The van der Waals surface area contributed by atoms with Gasteiger partial charge in [0.1, 0.15) is 0 Å². The SMILES string of the molecule is Cc1cc(C)nc(NS(=O)(=O)c2ccc(NC(=O)Nc3cscc3-c3ccccc3)cc2)n1. The minimum atomic E-state index is -3.87. The molecule has 0 atom stereocenters. The molecule has 2 amide bonds. The summed E-state index contributed by atoms with van der Waals surface area (Å²) >= 11 is 1.49. The zero-order chi connectivity index (χ0) is 23.4. The highest BCUT2D eigenvalue weighted by atomic mass is 32.2. The second-order valence-corrected chi connectivity index (χ2v) is 9.67. The molecule has 33 heavy (non-hydrogen) atoms. The molecule has 0 aliphatic rings. The Balaban J connectivity index is 1.43. The first-order valence-corrected chi connectivity index (χ1v) is 12.4. The van der Waals surface area contributed by atoms with Gasteiger partial charge in [-0.1, -0.05) is 30.3 Å². The number of urea groups is 1. The lowest BCUT2D eigenvalue weighted by Gasteiger charge is -2.10. The third-order valence-corrected chi connectivity index (χ3v) is 6.71. The van der Waals surface area contributed by atoms with Crippen LogP contribution in [0.15, 0.2) is 76.3 Å². The second-order valence-electron chi connectivity index (χ2n) is 7.25. The van der Waals surface area contributed by atoms with E-state index < -0.39 is 16.1 Å². The van der Waals surface area contributed by atoms with Crippen molar-refractivity contribution in [2.75, 3.05) is 15.4 Å². The summed E-state index contributed by atoms with van der Waals surface area (Å²) in [5.41, 5.74) is 4.39. The van der Waals surface area contributed by atoms with Gasteiger partial charge in [0.15, 0.2) is 0 Å². The number of hydrogen-bond donors (Lipinski definition) is 3. The van der Waals surface area contributed by atoms with E-state index in [-0.39, 0.29) is 10.8 Å². The van der Waals surface area contributed by atoms with Crippen LogP contribution in [-0.2, 0) is 10.0 Å². The maximum absolute atomic E-state index is 12.7. The molecule has 0 fully saturated rings. The van der Waals surface area contributed by atoms with Crippen LogP contribution < -0.4 is 15.4 Å². The van der Waals surface area contributed by atoms with Crippen LogP contribution in [0.5, 0.6) is 0 Å². The van der Waals surface area contributed by atoms with E-state index in [9.17, 15) is 13.2 Å². The number of benzene rings is 2. The number of sulfonamides is 1. The standard InChI is InChI=1S/C23H21N5O3S2/c1-15-12-16(2)25-22(24-15)28-33(30,31)19-10-8-18(9-11-19)26-23(29)27-21-14-32-13-20(21)17-6-4-3-5-7-17/h3-14H,1-2H3,(H,24,25,28)(H2,26,27,29). The molecule has 0 unspecified atom stereocenters. The molecular weight excluding hydrogens is 458 g/mol. The first kappa shape index (κ1) is 22.4. The largest absolute Gasteiger partial charge is 0.323 e. The molecule has 2 aromatic carbocycles. The summed E-state index contributed by atoms with van der Waals surface area (Å²) in [5.74, 6) is 0.0130. The molecule has 4 rings (SSSR count). The fourth-order valence-corrected chi connectivity index (χ4v) is 4.92. The summed E-state index contributed by atoms with van der Waals surface area (Å²) in [6, 6.07) is 16.9. The van der Waals surface area contributed by atoms with Gasteiger partial charge in [-0.2, -0.15) is 0 Å². The third kappa shape index (κ3) is 5.54. The molecular formula is C23H21N5O3S2. The van der Waals surface area contributed by atoms with Gasteiger partial charge in [-0.25, -0.2) is 27.9 Å². The van der Waals surface area contributed by atoms with Gasteiger partial charge in [0.05, 0.1) is 10.6 Å². The average molecular weight is 480 g/mol. The molecule has 0 bridgehead atoms. The Morgan fingerprint density at radius 2 is 1.55 bits per heavy atom. The maximum Gasteiger partial charge on any atom is 0.323 e. The predicted octanol–water partition coefficient (Wildman–Crippen LogP) is 5.27. The summed E-state index contributed by atoms with van der Waals surface area (Å²) in [6.45, 7) is 3.52. The highest BCUT2D eigenvalue weighted by Crippen LogP contribution is 2.31. The van der Waals surface area contributed by atoms with Crippen molar-refractivity contribution in [1.29, 1.82) is 0 Å². The van der Waals surface area contributed by atoms with Crippen LogP contribution in [0.1, 0.15) is 11.4 Å². The predicted molar refractivity (Wildman–Crippen MR) is 131 cm³/mol. The van der Waals surface area contributed by atoms with Crippen LogP contribution in [0.2, 0.25) is 0 Å². The summed E-state index contributed by atoms with van der Waals surface area (Å²) < 4.78 is 27.7. The first-order valence-electron chi connectivity index (χ1n) is 9.95. The summed E-state index contributed by atoms with van der Waals surface area (Å²) in [6.07, 6.45) is 0. The van der Waals surface area contributed by atoms with Crippen LogP contribution in [0.4, 0.5) is 22.1 Å². The molecule has 0 saturated carbocycles. The number of carbonyl (C=O) groups is 1. The molecule has 2 aromatic heterocycles. The van der Waals surface area contributed by atoms with E-state index in [2.05, 4.69) is 25.3 Å². The third-order valence-electron chi connectivity index (χ3n) is 4.63. The topological polar surface area (TPSA) is 113 Å². The minimum absolute atomic E-state index is 0.0130. The van der Waals surface area contributed by atoms with Crippen molar-refractivity contribution in [1.82, 2.24) is 9.97 Å². The highest BCUT2D eigenvalue weighted by molar-refractivity contribution is 7.92. The molecule has 0 aliphatic carbocycles. The molecule has 4 aromatic rings. The zero-order valence-corrected chi connectivity index (χ0v) is 19.5. The van der Waals surface area contributed by atoms with E-state index in [1.807, 2.05) is 41.1 Å². The Morgan fingerprint density at radius 3 is 2.21 bits per heavy atom. The van der Waals surface area contributed by atoms with Crippen molar-refractivity contribution in [2.45, 2.75) is 18.7 Å². The van der Waals surface area contributed by atoms with Gasteiger partial charge in [0.25, 0.3) is 10.0 Å². The lowest BCUT2D eigenvalue weighted by molar-refractivity contribution is 0.262. The molecule has 168 valence electrons. The number of anilines is 3. The normalized spacial score (nSPS) is 11.1. The van der Waals surface area contributed by atoms with Crippen LogP contribution >= 0.6 is 11.3 Å². The fraction of sp³-hybridized carbons (Fsp3) is 0.0870. The Kier molecular flexibility index (Phi) is 6.38. The van der Waals surface area contributed by atoms with Crippen molar-refractivity contribution in [3.05, 3.63) is 82.8 Å². The maximum atomic E-state index is 12.7. The van der Waals surface area contributed by atoms with Gasteiger partial charge in [-0.3, -0.25) is 0 Å². The number of rotatable bonds is 6. The Morgan fingerprint density at radius 1 is 0.879 bits per heavy atom. The quantitative estimate of drug-likeness (QED) is 0.349. The van der Waals surface area contributed by atoms with Crippen LogP contribution in [-0.4, -0.2) is 24.4 Å². The molecule has 0 aliphatic heterocycles. The van der Waals surface area contributed by atoms with E-state index in [1.54, 1.807) is 19.9 Å². The monoisotopic (exact) mass is 479 g/mol. The minimum Gasteiger partial charge on any atom is -0.308 e. The molecule has 0 spiro atoms. The van der Waals surface area contributed by atoms with Crippen molar-refractivity contribution < 1.29 is 13.2 Å². The van der Waals surface area contributed by atoms with Gasteiger partial charge in [0, 0.05) is 33.4 Å². The molecule has 8 nitrogen and oxygen atoms in total. The van der Waals surface area contributed by atoms with E-state index in [0.717, 1.165) is 11.1 Å². The van der Waals surface area contributed by atoms with Gasteiger partial charge in [0.2, 0.25) is 5.95 Å². The average Bonchev–Trinajstić information content (AvgIpc) is 3.21. The number of nitrogens with one attached hydrogen (secondary N) is 3. The van der Waals surface area contributed by atoms with Crippen LogP contribution in [0.25, 0.3) is 11.1 Å². The molecule has 0 saturated heterocycles. The van der Waals surface area contributed by atoms with Crippen LogP contribution in [0.3, 0.4) is 0 Å². The number of carbonyl (C=O) groups excluding carboxylic acids is 1. The van der Waals surface area contributed by atoms with Crippen molar-refractivity contribution >= 4 is 44.7 Å². The Bertz CT molecular complexity index is 1370. The zero-order valence-electron chi connectivity index (χ0n) is 17.9. The van der Waals surface area contributed by atoms with Gasteiger partial charge < -0.3 is 10.6 Å². The van der Waals surface area contributed by atoms with Crippen molar-refractivity contribution in [3.63, 3.8) is 0 Å². The fourth-order valence-electron chi connectivity index (χ4n) is 3.19. The summed E-state index contributed by atoms with van der Waals surface area (Å²) in [7, 11) is -3.87. The number of thiophene rings is 1. The molecule has 0 radical (unpaired) electrons. The highest BCUT2D eigenvalue weighted by Gasteiger charge is 2.17. The number of aromatic nitrogens is 2.